The second-order valence-corrected chi connectivity index (χ2v) is 8.66. The zero-order chi connectivity index (χ0) is 18.8. The van der Waals surface area contributed by atoms with E-state index in [9.17, 15) is 13.3 Å². The minimum atomic E-state index is -3.72. The molecule has 0 amide bonds. The van der Waals surface area contributed by atoms with Crippen LogP contribution < -0.4 is 10.4 Å². The molecule has 0 spiro atoms. The molecule has 1 atom stereocenters. The summed E-state index contributed by atoms with van der Waals surface area (Å²) in [7, 11) is -3.21. The smallest absolute Gasteiger partial charge is 0.331 e. The number of alkyl halides is 3. The molecule has 2 aromatic rings. The van der Waals surface area contributed by atoms with Crippen molar-refractivity contribution < 1.29 is 22.4 Å². The third-order valence-corrected chi connectivity index (χ3v) is 6.62. The SMILES string of the molecule is CCOP(=O)(NC1CCCC1)c1ccc(-c2noc(C(F)(F)Cl)n2)cc1. The van der Waals surface area contributed by atoms with Gasteiger partial charge in [0.15, 0.2) is 0 Å². The third-order valence-electron chi connectivity index (χ3n) is 4.15. The van der Waals surface area contributed by atoms with Crippen molar-refractivity contribution in [2.24, 2.45) is 0 Å². The van der Waals surface area contributed by atoms with Crippen molar-refractivity contribution in [2.75, 3.05) is 6.61 Å². The summed E-state index contributed by atoms with van der Waals surface area (Å²) in [6, 6.07) is 6.56. The van der Waals surface area contributed by atoms with E-state index in [4.69, 9.17) is 16.1 Å². The Morgan fingerprint density at radius 3 is 2.54 bits per heavy atom. The van der Waals surface area contributed by atoms with E-state index >= 15 is 0 Å². The van der Waals surface area contributed by atoms with Gasteiger partial charge in [0, 0.05) is 11.6 Å². The zero-order valence-corrected chi connectivity index (χ0v) is 15.8. The maximum atomic E-state index is 13.3. The molecule has 1 heterocycles. The van der Waals surface area contributed by atoms with Crippen molar-refractivity contribution in [1.29, 1.82) is 0 Å². The number of halogens is 3. The van der Waals surface area contributed by atoms with E-state index < -0.39 is 18.8 Å². The molecule has 1 aliphatic carbocycles. The second-order valence-electron chi connectivity index (χ2n) is 6.05. The van der Waals surface area contributed by atoms with Crippen LogP contribution in [-0.2, 0) is 14.5 Å². The average molecular weight is 406 g/mol. The summed E-state index contributed by atoms with van der Waals surface area (Å²) in [5.41, 5.74) is 0.439. The molecular weight excluding hydrogens is 387 g/mol. The highest BCUT2D eigenvalue weighted by Crippen LogP contribution is 2.43. The second kappa shape index (κ2) is 7.72. The Bertz CT molecular complexity index is 789. The zero-order valence-electron chi connectivity index (χ0n) is 14.1. The normalized spacial score (nSPS) is 18.2. The lowest BCUT2D eigenvalue weighted by molar-refractivity contribution is 0.0551. The van der Waals surface area contributed by atoms with Gasteiger partial charge in [-0.15, -0.1) is 0 Å². The average Bonchev–Trinajstić information content (AvgIpc) is 3.26. The van der Waals surface area contributed by atoms with Crippen molar-refractivity contribution in [2.45, 2.75) is 44.0 Å². The number of nitrogens with zero attached hydrogens (tertiary/aromatic N) is 2. The molecule has 1 aliphatic rings. The predicted octanol–water partition coefficient (Wildman–Crippen LogP) is 4.41. The maximum absolute atomic E-state index is 13.3. The molecule has 1 N–H and O–H groups in total. The summed E-state index contributed by atoms with van der Waals surface area (Å²) in [6.45, 7) is 2.09. The van der Waals surface area contributed by atoms with Crippen LogP contribution in [0.4, 0.5) is 8.78 Å². The van der Waals surface area contributed by atoms with Crippen LogP contribution in [0.25, 0.3) is 11.4 Å². The fourth-order valence-electron chi connectivity index (χ4n) is 2.93. The third kappa shape index (κ3) is 4.31. The van der Waals surface area contributed by atoms with Crippen LogP contribution in [0.5, 0.6) is 0 Å². The molecule has 3 rings (SSSR count). The number of hydrogen-bond acceptors (Lipinski definition) is 5. The summed E-state index contributed by atoms with van der Waals surface area (Å²) < 4.78 is 49.3. The molecule has 1 aromatic carbocycles. The molecule has 1 aromatic heterocycles. The van der Waals surface area contributed by atoms with E-state index in [1.54, 1.807) is 31.2 Å². The van der Waals surface area contributed by atoms with Gasteiger partial charge in [-0.1, -0.05) is 30.1 Å². The first-order valence-electron chi connectivity index (χ1n) is 8.36. The molecule has 0 aliphatic heterocycles. The van der Waals surface area contributed by atoms with Crippen LogP contribution in [0.1, 0.15) is 38.5 Å². The Kier molecular flexibility index (Phi) is 5.77. The largest absolute Gasteiger partial charge is 0.400 e. The van der Waals surface area contributed by atoms with Crippen LogP contribution >= 0.6 is 19.1 Å². The Balaban J connectivity index is 1.82. The molecule has 1 fully saturated rings. The van der Waals surface area contributed by atoms with Crippen LogP contribution in [0.3, 0.4) is 0 Å². The molecule has 0 saturated heterocycles. The lowest BCUT2D eigenvalue weighted by Gasteiger charge is -2.23. The van der Waals surface area contributed by atoms with E-state index in [1.807, 2.05) is 0 Å². The Morgan fingerprint density at radius 2 is 2.00 bits per heavy atom. The van der Waals surface area contributed by atoms with E-state index in [2.05, 4.69) is 19.8 Å². The Labute approximate surface area is 154 Å². The van der Waals surface area contributed by atoms with E-state index in [0.29, 0.717) is 17.5 Å². The summed E-state index contributed by atoms with van der Waals surface area (Å²) in [5, 5.41) is 3.44. The fourth-order valence-corrected chi connectivity index (χ4v) is 5.02. The first kappa shape index (κ1) is 19.4. The molecule has 1 unspecified atom stereocenters. The molecule has 0 radical (unpaired) electrons. The number of rotatable bonds is 7. The van der Waals surface area contributed by atoms with Crippen molar-refractivity contribution >= 4 is 24.4 Å². The number of nitrogens with one attached hydrogen (secondary N) is 1. The molecule has 6 nitrogen and oxygen atoms in total. The van der Waals surface area contributed by atoms with Gasteiger partial charge in [-0.3, -0.25) is 4.57 Å². The standard InChI is InChI=1S/C16H19ClF2N3O3P/c1-2-24-26(23,22-12-5-3-4-6-12)13-9-7-11(8-10-13)14-20-15(25-21-14)16(17,18)19/h7-10,12H,2-6H2,1H3,(H,22,23). The first-order chi connectivity index (χ1) is 12.3. The Morgan fingerprint density at radius 1 is 1.35 bits per heavy atom. The molecular formula is C16H19ClF2N3O3P. The highest BCUT2D eigenvalue weighted by molar-refractivity contribution is 7.65. The van der Waals surface area contributed by atoms with Crippen molar-refractivity contribution in [3.05, 3.63) is 30.2 Å². The van der Waals surface area contributed by atoms with Gasteiger partial charge < -0.3 is 9.05 Å². The summed E-state index contributed by atoms with van der Waals surface area (Å²) in [4.78, 5) is 3.59. The predicted molar refractivity (Wildman–Crippen MR) is 93.7 cm³/mol. The summed E-state index contributed by atoms with van der Waals surface area (Å²) in [6.07, 6.45) is 4.14. The minimum Gasteiger partial charge on any atom is -0.331 e. The summed E-state index contributed by atoms with van der Waals surface area (Å²) >= 11 is 4.87. The quantitative estimate of drug-likeness (QED) is 0.543. The van der Waals surface area contributed by atoms with Gasteiger partial charge in [0.2, 0.25) is 5.82 Å². The van der Waals surface area contributed by atoms with Gasteiger partial charge in [-0.2, -0.15) is 13.8 Å². The number of aromatic nitrogens is 2. The molecule has 26 heavy (non-hydrogen) atoms. The van der Waals surface area contributed by atoms with Gasteiger partial charge >= 0.3 is 11.3 Å². The highest BCUT2D eigenvalue weighted by atomic mass is 35.5. The van der Waals surface area contributed by atoms with E-state index in [-0.39, 0.29) is 11.9 Å². The van der Waals surface area contributed by atoms with Gasteiger partial charge in [-0.25, -0.2) is 5.09 Å². The van der Waals surface area contributed by atoms with Crippen molar-refractivity contribution in [3.8, 4) is 11.4 Å². The van der Waals surface area contributed by atoms with Crippen LogP contribution in [-0.4, -0.2) is 22.8 Å². The van der Waals surface area contributed by atoms with E-state index in [1.165, 1.54) is 0 Å². The monoisotopic (exact) mass is 405 g/mol. The van der Waals surface area contributed by atoms with E-state index in [0.717, 1.165) is 25.7 Å². The lowest BCUT2D eigenvalue weighted by atomic mass is 10.2. The van der Waals surface area contributed by atoms with Gasteiger partial charge in [0.25, 0.3) is 7.52 Å². The molecule has 10 heteroatoms. The molecule has 1 saturated carbocycles. The van der Waals surface area contributed by atoms with Crippen molar-refractivity contribution in [3.63, 3.8) is 0 Å². The lowest BCUT2D eigenvalue weighted by Crippen LogP contribution is -2.29. The van der Waals surface area contributed by atoms with Crippen LogP contribution in [0.15, 0.2) is 28.8 Å². The van der Waals surface area contributed by atoms with Crippen LogP contribution in [0, 0.1) is 0 Å². The highest BCUT2D eigenvalue weighted by Gasteiger charge is 2.36. The number of hydrogen-bond donors (Lipinski definition) is 1. The van der Waals surface area contributed by atoms with Gasteiger partial charge in [0.05, 0.1) is 11.9 Å². The topological polar surface area (TPSA) is 77.2 Å². The molecule has 142 valence electrons. The number of benzene rings is 1. The first-order valence-corrected chi connectivity index (χ1v) is 10.4. The summed E-state index contributed by atoms with van der Waals surface area (Å²) in [5.74, 6) is -0.997. The maximum Gasteiger partial charge on any atom is 0.400 e. The molecule has 0 bridgehead atoms. The Hall–Kier alpha value is -1.34. The minimum absolute atomic E-state index is 0.0260. The van der Waals surface area contributed by atoms with Gasteiger partial charge in [-0.05, 0) is 43.5 Å². The van der Waals surface area contributed by atoms with Gasteiger partial charge in [0.1, 0.15) is 0 Å². The van der Waals surface area contributed by atoms with Crippen molar-refractivity contribution in [1.82, 2.24) is 15.2 Å². The van der Waals surface area contributed by atoms with Crippen LogP contribution in [0.2, 0.25) is 0 Å². The fraction of sp³-hybridized carbons (Fsp3) is 0.500.